The van der Waals surface area contributed by atoms with E-state index in [1.54, 1.807) is 0 Å². The van der Waals surface area contributed by atoms with E-state index < -0.39 is 0 Å². The van der Waals surface area contributed by atoms with Gasteiger partial charge in [-0.1, -0.05) is 31.5 Å². The van der Waals surface area contributed by atoms with Gasteiger partial charge < -0.3 is 10.6 Å². The van der Waals surface area contributed by atoms with Crippen LogP contribution in [0.3, 0.4) is 0 Å². The summed E-state index contributed by atoms with van der Waals surface area (Å²) in [7, 11) is 0. The molecule has 2 heteroatoms. The first kappa shape index (κ1) is 14.4. The molecular formula is C17H28N2. The third kappa shape index (κ3) is 3.97. The number of rotatable bonds is 5. The van der Waals surface area contributed by atoms with Crippen LogP contribution in [0.1, 0.15) is 50.7 Å². The summed E-state index contributed by atoms with van der Waals surface area (Å²) in [5, 5.41) is 7.38. The molecule has 1 aromatic carbocycles. The standard InChI is InChI=1S/C17H28N2/c1-4-15-9-7-8-13(2)17(15)19-14(3)12-16-10-5-6-11-18-16/h7-9,14,16,18-19H,4-6,10-12H2,1-3H3. The van der Waals surface area contributed by atoms with Crippen LogP contribution in [0.5, 0.6) is 0 Å². The van der Waals surface area contributed by atoms with E-state index >= 15 is 0 Å². The van der Waals surface area contributed by atoms with Crippen molar-refractivity contribution in [3.8, 4) is 0 Å². The van der Waals surface area contributed by atoms with E-state index in [0.29, 0.717) is 12.1 Å². The number of aryl methyl sites for hydroxylation is 2. The first-order valence-corrected chi connectivity index (χ1v) is 7.79. The first-order valence-electron chi connectivity index (χ1n) is 7.79. The van der Waals surface area contributed by atoms with E-state index in [4.69, 9.17) is 0 Å². The third-order valence-corrected chi connectivity index (χ3v) is 4.18. The maximum Gasteiger partial charge on any atom is 0.0404 e. The molecule has 0 amide bonds. The van der Waals surface area contributed by atoms with Crippen LogP contribution in [0.25, 0.3) is 0 Å². The Labute approximate surface area is 118 Å². The molecule has 0 spiro atoms. The molecule has 19 heavy (non-hydrogen) atoms. The molecule has 1 aliphatic heterocycles. The van der Waals surface area contributed by atoms with Crippen LogP contribution in [0, 0.1) is 6.92 Å². The van der Waals surface area contributed by atoms with Gasteiger partial charge in [-0.05, 0) is 57.2 Å². The number of nitrogens with one attached hydrogen (secondary N) is 2. The highest BCUT2D eigenvalue weighted by atomic mass is 15.0. The zero-order valence-corrected chi connectivity index (χ0v) is 12.6. The minimum Gasteiger partial charge on any atom is -0.382 e. The summed E-state index contributed by atoms with van der Waals surface area (Å²) in [6, 6.07) is 7.83. The summed E-state index contributed by atoms with van der Waals surface area (Å²) in [6.45, 7) is 7.94. The minimum atomic E-state index is 0.530. The maximum atomic E-state index is 3.74. The zero-order valence-electron chi connectivity index (χ0n) is 12.6. The number of para-hydroxylation sites is 1. The number of benzene rings is 1. The maximum absolute atomic E-state index is 3.74. The Bertz CT molecular complexity index is 394. The molecule has 106 valence electrons. The molecule has 2 rings (SSSR count). The van der Waals surface area contributed by atoms with E-state index in [2.05, 4.69) is 49.6 Å². The van der Waals surface area contributed by atoms with Crippen LogP contribution in [-0.4, -0.2) is 18.6 Å². The highest BCUT2D eigenvalue weighted by Crippen LogP contribution is 2.23. The molecule has 2 nitrogen and oxygen atoms in total. The zero-order chi connectivity index (χ0) is 13.7. The number of piperidine rings is 1. The van der Waals surface area contributed by atoms with Gasteiger partial charge in [0.05, 0.1) is 0 Å². The van der Waals surface area contributed by atoms with E-state index in [1.807, 2.05) is 0 Å². The van der Waals surface area contributed by atoms with Crippen LogP contribution in [0.4, 0.5) is 5.69 Å². The lowest BCUT2D eigenvalue weighted by Gasteiger charge is -2.28. The highest BCUT2D eigenvalue weighted by molar-refractivity contribution is 5.57. The summed E-state index contributed by atoms with van der Waals surface area (Å²) < 4.78 is 0. The van der Waals surface area contributed by atoms with Crippen molar-refractivity contribution in [3.63, 3.8) is 0 Å². The van der Waals surface area contributed by atoms with Crippen LogP contribution < -0.4 is 10.6 Å². The normalized spacial score (nSPS) is 21.1. The van der Waals surface area contributed by atoms with Gasteiger partial charge in [-0.15, -0.1) is 0 Å². The molecule has 1 aliphatic rings. The Morgan fingerprint density at radius 1 is 1.37 bits per heavy atom. The van der Waals surface area contributed by atoms with Crippen LogP contribution in [0.15, 0.2) is 18.2 Å². The number of anilines is 1. The molecule has 1 heterocycles. The van der Waals surface area contributed by atoms with Crippen molar-refractivity contribution >= 4 is 5.69 Å². The van der Waals surface area contributed by atoms with Crippen molar-refractivity contribution in [2.75, 3.05) is 11.9 Å². The van der Waals surface area contributed by atoms with Gasteiger partial charge in [-0.3, -0.25) is 0 Å². The highest BCUT2D eigenvalue weighted by Gasteiger charge is 2.16. The second kappa shape index (κ2) is 6.95. The molecule has 0 aliphatic carbocycles. The third-order valence-electron chi connectivity index (χ3n) is 4.18. The molecule has 2 unspecified atom stereocenters. The Hall–Kier alpha value is -1.02. The van der Waals surface area contributed by atoms with E-state index in [1.165, 1.54) is 49.0 Å². The molecular weight excluding hydrogens is 232 g/mol. The summed E-state index contributed by atoms with van der Waals surface area (Å²) in [6.07, 6.45) is 6.38. The van der Waals surface area contributed by atoms with Crippen molar-refractivity contribution in [1.82, 2.24) is 5.32 Å². The van der Waals surface area contributed by atoms with E-state index in [-0.39, 0.29) is 0 Å². The molecule has 1 aromatic rings. The van der Waals surface area contributed by atoms with Crippen LogP contribution >= 0.6 is 0 Å². The fraction of sp³-hybridized carbons (Fsp3) is 0.647. The van der Waals surface area contributed by atoms with E-state index in [0.717, 1.165) is 6.42 Å². The lowest BCUT2D eigenvalue weighted by Crippen LogP contribution is -2.37. The monoisotopic (exact) mass is 260 g/mol. The van der Waals surface area contributed by atoms with Crippen molar-refractivity contribution in [2.24, 2.45) is 0 Å². The Kier molecular flexibility index (Phi) is 5.26. The molecule has 0 radical (unpaired) electrons. The molecule has 2 N–H and O–H groups in total. The van der Waals surface area contributed by atoms with Crippen molar-refractivity contribution < 1.29 is 0 Å². The molecule has 0 aromatic heterocycles. The van der Waals surface area contributed by atoms with Gasteiger partial charge in [0, 0.05) is 17.8 Å². The molecule has 1 fully saturated rings. The van der Waals surface area contributed by atoms with Gasteiger partial charge in [-0.25, -0.2) is 0 Å². The van der Waals surface area contributed by atoms with Gasteiger partial charge in [0.15, 0.2) is 0 Å². The Morgan fingerprint density at radius 3 is 2.89 bits per heavy atom. The topological polar surface area (TPSA) is 24.1 Å². The number of hydrogen-bond acceptors (Lipinski definition) is 2. The number of hydrogen-bond donors (Lipinski definition) is 2. The second-order valence-electron chi connectivity index (χ2n) is 5.89. The van der Waals surface area contributed by atoms with Crippen LogP contribution in [-0.2, 0) is 6.42 Å². The molecule has 0 bridgehead atoms. The van der Waals surface area contributed by atoms with Gasteiger partial charge >= 0.3 is 0 Å². The predicted octanol–water partition coefficient (Wildman–Crippen LogP) is 3.89. The smallest absolute Gasteiger partial charge is 0.0404 e. The van der Waals surface area contributed by atoms with Crippen molar-refractivity contribution in [2.45, 2.75) is 65.0 Å². The average molecular weight is 260 g/mol. The summed E-state index contributed by atoms with van der Waals surface area (Å²) in [4.78, 5) is 0. The fourth-order valence-corrected chi connectivity index (χ4v) is 3.09. The molecule has 0 saturated carbocycles. The summed E-state index contributed by atoms with van der Waals surface area (Å²) in [5.41, 5.74) is 4.15. The van der Waals surface area contributed by atoms with Gasteiger partial charge in [0.25, 0.3) is 0 Å². The van der Waals surface area contributed by atoms with Gasteiger partial charge in [-0.2, -0.15) is 0 Å². The predicted molar refractivity (Wildman–Crippen MR) is 83.9 cm³/mol. The lowest BCUT2D eigenvalue weighted by atomic mass is 9.98. The minimum absolute atomic E-state index is 0.530. The Morgan fingerprint density at radius 2 is 2.21 bits per heavy atom. The molecule has 1 saturated heterocycles. The van der Waals surface area contributed by atoms with Crippen molar-refractivity contribution in [3.05, 3.63) is 29.3 Å². The second-order valence-corrected chi connectivity index (χ2v) is 5.89. The lowest BCUT2D eigenvalue weighted by molar-refractivity contribution is 0.371. The molecule has 2 atom stereocenters. The van der Waals surface area contributed by atoms with Gasteiger partial charge in [0.1, 0.15) is 0 Å². The first-order chi connectivity index (χ1) is 9.20. The summed E-state index contributed by atoms with van der Waals surface area (Å²) in [5.74, 6) is 0. The average Bonchev–Trinajstić information content (AvgIpc) is 2.42. The summed E-state index contributed by atoms with van der Waals surface area (Å²) >= 11 is 0. The van der Waals surface area contributed by atoms with Gasteiger partial charge in [0.2, 0.25) is 0 Å². The van der Waals surface area contributed by atoms with E-state index in [9.17, 15) is 0 Å². The van der Waals surface area contributed by atoms with Crippen molar-refractivity contribution in [1.29, 1.82) is 0 Å². The SMILES string of the molecule is CCc1cccc(C)c1NC(C)CC1CCCCN1. The fourth-order valence-electron chi connectivity index (χ4n) is 3.09. The quantitative estimate of drug-likeness (QED) is 0.839. The Balaban J connectivity index is 1.96. The largest absolute Gasteiger partial charge is 0.382 e. The van der Waals surface area contributed by atoms with Crippen LogP contribution in [0.2, 0.25) is 0 Å².